The fourth-order valence-corrected chi connectivity index (χ4v) is 9.43. The van der Waals surface area contributed by atoms with E-state index in [1.807, 2.05) is 11.3 Å². The highest BCUT2D eigenvalue weighted by molar-refractivity contribution is 7.26. The van der Waals surface area contributed by atoms with E-state index in [-0.39, 0.29) is 0 Å². The molecule has 0 saturated heterocycles. The number of thiophene rings is 1. The molecule has 0 N–H and O–H groups in total. The summed E-state index contributed by atoms with van der Waals surface area (Å²) in [5.74, 6) is 0. The van der Waals surface area contributed by atoms with Gasteiger partial charge in [0.25, 0.3) is 0 Å². The van der Waals surface area contributed by atoms with Crippen LogP contribution in [-0.4, -0.2) is 0 Å². The molecule has 0 unspecified atom stereocenters. The first-order valence-electron chi connectivity index (χ1n) is 18.7. The minimum atomic E-state index is 0.891. The van der Waals surface area contributed by atoms with Crippen LogP contribution >= 0.6 is 11.3 Å². The largest absolute Gasteiger partial charge is 0.456 e. The van der Waals surface area contributed by atoms with Crippen LogP contribution in [0.2, 0.25) is 0 Å². The molecular formula is C52H33NOS. The molecule has 0 bridgehead atoms. The van der Waals surface area contributed by atoms with Crippen molar-refractivity contribution >= 4 is 81.3 Å². The normalized spacial score (nSPS) is 11.6. The maximum absolute atomic E-state index is 6.55. The second-order valence-corrected chi connectivity index (χ2v) is 15.2. The molecular weight excluding hydrogens is 687 g/mol. The van der Waals surface area contributed by atoms with Gasteiger partial charge in [-0.3, -0.25) is 0 Å². The van der Waals surface area contributed by atoms with Gasteiger partial charge in [-0.15, -0.1) is 11.3 Å². The van der Waals surface area contributed by atoms with Crippen LogP contribution in [0.5, 0.6) is 0 Å². The lowest BCUT2D eigenvalue weighted by atomic mass is 9.91. The Labute approximate surface area is 322 Å². The Morgan fingerprint density at radius 3 is 1.84 bits per heavy atom. The number of benzene rings is 9. The average molecular weight is 720 g/mol. The van der Waals surface area contributed by atoms with Crippen LogP contribution in [0.1, 0.15) is 0 Å². The number of nitrogens with zero attached hydrogens (tertiary/aromatic N) is 1. The highest BCUT2D eigenvalue weighted by Crippen LogP contribution is 2.48. The fraction of sp³-hybridized carbons (Fsp3) is 0. The van der Waals surface area contributed by atoms with Gasteiger partial charge in [0.05, 0.1) is 5.69 Å². The first-order chi connectivity index (χ1) is 27.3. The van der Waals surface area contributed by atoms with E-state index in [1.165, 1.54) is 42.1 Å². The van der Waals surface area contributed by atoms with Crippen molar-refractivity contribution in [2.75, 3.05) is 4.90 Å². The molecule has 2 aromatic heterocycles. The standard InChI is InChI=1S/C52H33NOS/c1-3-13-34(14-4-1)35-25-27-39(28-26-35)53(46-21-12-24-50-52(46)43-19-9-10-23-49(43)55-50)40-29-30-41(44(33-40)36-15-5-2-6-16-36)42-20-11-22-47-51(42)45-31-37-17-7-8-18-38(37)32-48(45)54-47/h1-33H. The number of rotatable bonds is 6. The zero-order valence-electron chi connectivity index (χ0n) is 29.8. The molecule has 0 fully saturated rings. The van der Waals surface area contributed by atoms with Gasteiger partial charge < -0.3 is 9.32 Å². The maximum Gasteiger partial charge on any atom is 0.136 e. The topological polar surface area (TPSA) is 16.4 Å². The molecule has 9 aromatic carbocycles. The third kappa shape index (κ3) is 5.32. The zero-order valence-corrected chi connectivity index (χ0v) is 30.6. The summed E-state index contributed by atoms with van der Waals surface area (Å²) in [6, 6.07) is 72.2. The van der Waals surface area contributed by atoms with Gasteiger partial charge in [0, 0.05) is 42.3 Å². The third-order valence-corrected chi connectivity index (χ3v) is 12.0. The molecule has 0 amide bonds. The monoisotopic (exact) mass is 719 g/mol. The number of hydrogen-bond donors (Lipinski definition) is 0. The Morgan fingerprint density at radius 2 is 1.02 bits per heavy atom. The Kier molecular flexibility index (Phi) is 7.39. The van der Waals surface area contributed by atoms with Crippen molar-refractivity contribution in [3.63, 3.8) is 0 Å². The van der Waals surface area contributed by atoms with Crippen LogP contribution in [0.4, 0.5) is 17.1 Å². The average Bonchev–Trinajstić information content (AvgIpc) is 3.82. The minimum Gasteiger partial charge on any atom is -0.456 e. The molecule has 0 radical (unpaired) electrons. The Morgan fingerprint density at radius 1 is 0.364 bits per heavy atom. The van der Waals surface area contributed by atoms with Gasteiger partial charge in [0.1, 0.15) is 11.2 Å². The third-order valence-electron chi connectivity index (χ3n) is 10.9. The highest BCUT2D eigenvalue weighted by Gasteiger charge is 2.22. The number of hydrogen-bond acceptors (Lipinski definition) is 3. The van der Waals surface area contributed by atoms with Crippen molar-refractivity contribution < 1.29 is 4.42 Å². The lowest BCUT2D eigenvalue weighted by Crippen LogP contribution is -2.10. The van der Waals surface area contributed by atoms with Crippen molar-refractivity contribution in [1.29, 1.82) is 0 Å². The van der Waals surface area contributed by atoms with E-state index in [1.54, 1.807) is 0 Å². The highest BCUT2D eigenvalue weighted by atomic mass is 32.1. The van der Waals surface area contributed by atoms with Gasteiger partial charge >= 0.3 is 0 Å². The van der Waals surface area contributed by atoms with Gasteiger partial charge in [-0.25, -0.2) is 0 Å². The van der Waals surface area contributed by atoms with E-state index in [0.717, 1.165) is 61.3 Å². The summed E-state index contributed by atoms with van der Waals surface area (Å²) in [6.45, 7) is 0. The van der Waals surface area contributed by atoms with Crippen molar-refractivity contribution in [3.8, 4) is 33.4 Å². The number of fused-ring (bicyclic) bond motifs is 7. The summed E-state index contributed by atoms with van der Waals surface area (Å²) in [4.78, 5) is 2.44. The zero-order chi connectivity index (χ0) is 36.3. The summed E-state index contributed by atoms with van der Waals surface area (Å²) in [7, 11) is 0. The van der Waals surface area contributed by atoms with Gasteiger partial charge in [0.2, 0.25) is 0 Å². The molecule has 0 atom stereocenters. The lowest BCUT2D eigenvalue weighted by molar-refractivity contribution is 0.669. The molecule has 0 aliphatic carbocycles. The molecule has 0 aliphatic rings. The summed E-state index contributed by atoms with van der Waals surface area (Å²) in [6.07, 6.45) is 0. The van der Waals surface area contributed by atoms with Crippen molar-refractivity contribution in [2.45, 2.75) is 0 Å². The number of furan rings is 1. The molecule has 3 heteroatoms. The van der Waals surface area contributed by atoms with Crippen molar-refractivity contribution in [3.05, 3.63) is 200 Å². The van der Waals surface area contributed by atoms with Gasteiger partial charge in [0.15, 0.2) is 0 Å². The minimum absolute atomic E-state index is 0.891. The molecule has 11 rings (SSSR count). The second kappa shape index (κ2) is 12.9. The predicted octanol–water partition coefficient (Wildman–Crippen LogP) is 15.6. The van der Waals surface area contributed by atoms with E-state index in [4.69, 9.17) is 4.42 Å². The molecule has 55 heavy (non-hydrogen) atoms. The van der Waals surface area contributed by atoms with E-state index in [0.29, 0.717) is 0 Å². The molecule has 2 nitrogen and oxygen atoms in total. The second-order valence-electron chi connectivity index (χ2n) is 14.1. The van der Waals surface area contributed by atoms with Crippen LogP contribution in [0.25, 0.3) is 86.3 Å². The van der Waals surface area contributed by atoms with Gasteiger partial charge in [-0.2, -0.15) is 0 Å². The SMILES string of the molecule is c1ccc(-c2ccc(N(c3ccc(-c4cccc5oc6cc7ccccc7cc6c45)c(-c4ccccc4)c3)c3cccc4sc5ccccc5c34)cc2)cc1. The molecule has 2 heterocycles. The first-order valence-corrected chi connectivity index (χ1v) is 19.5. The summed E-state index contributed by atoms with van der Waals surface area (Å²) >= 11 is 1.85. The van der Waals surface area contributed by atoms with Crippen LogP contribution in [0.3, 0.4) is 0 Å². The first kappa shape index (κ1) is 31.6. The van der Waals surface area contributed by atoms with E-state index in [9.17, 15) is 0 Å². The van der Waals surface area contributed by atoms with E-state index in [2.05, 4.69) is 205 Å². The predicted molar refractivity (Wildman–Crippen MR) is 235 cm³/mol. The number of anilines is 3. The van der Waals surface area contributed by atoms with Crippen molar-refractivity contribution in [1.82, 2.24) is 0 Å². The van der Waals surface area contributed by atoms with Crippen molar-refractivity contribution in [2.24, 2.45) is 0 Å². The van der Waals surface area contributed by atoms with E-state index < -0.39 is 0 Å². The molecule has 0 aliphatic heterocycles. The Hall–Kier alpha value is -6.94. The van der Waals surface area contributed by atoms with Crippen LogP contribution < -0.4 is 4.90 Å². The molecule has 0 saturated carbocycles. The molecule has 11 aromatic rings. The van der Waals surface area contributed by atoms with Gasteiger partial charge in [-0.1, -0.05) is 140 Å². The van der Waals surface area contributed by atoms with E-state index >= 15 is 0 Å². The fourth-order valence-electron chi connectivity index (χ4n) is 8.30. The maximum atomic E-state index is 6.55. The quantitative estimate of drug-likeness (QED) is 0.170. The van der Waals surface area contributed by atoms with Crippen LogP contribution in [0.15, 0.2) is 205 Å². The summed E-state index contributed by atoms with van der Waals surface area (Å²) in [5.41, 5.74) is 12.2. The molecule has 258 valence electrons. The summed E-state index contributed by atoms with van der Waals surface area (Å²) < 4.78 is 9.11. The van der Waals surface area contributed by atoms with Gasteiger partial charge in [-0.05, 0) is 105 Å². The summed E-state index contributed by atoms with van der Waals surface area (Å²) in [5, 5.41) is 7.18. The lowest BCUT2D eigenvalue weighted by Gasteiger charge is -2.28. The van der Waals surface area contributed by atoms with Crippen LogP contribution in [-0.2, 0) is 0 Å². The van der Waals surface area contributed by atoms with Crippen LogP contribution in [0, 0.1) is 0 Å². The molecule has 0 spiro atoms. The Bertz CT molecular complexity index is 3190. The Balaban J connectivity index is 1.16. The smallest absolute Gasteiger partial charge is 0.136 e.